The van der Waals surface area contributed by atoms with Gasteiger partial charge in [0.25, 0.3) is 0 Å². The van der Waals surface area contributed by atoms with Crippen LogP contribution in [-0.2, 0) is 52.7 Å². The van der Waals surface area contributed by atoms with Crippen LogP contribution in [0.4, 0.5) is 0 Å². The van der Waals surface area contributed by atoms with Gasteiger partial charge in [0.2, 0.25) is 0 Å². The van der Waals surface area contributed by atoms with Crippen molar-refractivity contribution in [3.05, 3.63) is 218 Å². The van der Waals surface area contributed by atoms with Crippen molar-refractivity contribution in [2.75, 3.05) is 13.2 Å². The van der Waals surface area contributed by atoms with Gasteiger partial charge in [0.15, 0.2) is 0 Å². The van der Waals surface area contributed by atoms with E-state index in [4.69, 9.17) is 9.47 Å². The van der Waals surface area contributed by atoms with Crippen LogP contribution in [-0.4, -0.2) is 43.0 Å². The SMILES string of the molecule is C.CCC(=O)P(C=O)(c1ccccc1)(c1ccccc1)c1ccccc1.CCOC(=O)/C=C/Cc1cccc(Br)c1.CCOC(=O)/C=C\Cc1cccc(Br)c1.O=CCc1cccc(Br)c1. The Bertz CT molecular complexity index is 2300. The number of aldehydes is 1. The fourth-order valence-electron chi connectivity index (χ4n) is 6.71. The summed E-state index contributed by atoms with van der Waals surface area (Å²) in [5, 5.41) is 2.40. The Kier molecular flexibility index (Phi) is 26.4. The minimum atomic E-state index is -3.88. The normalized spacial score (nSPS) is 11.0. The Morgan fingerprint density at radius 3 is 1.09 bits per heavy atom. The Morgan fingerprint density at radius 1 is 0.485 bits per heavy atom. The van der Waals surface area contributed by atoms with Crippen molar-refractivity contribution < 1.29 is 33.4 Å². The number of halogens is 3. The first kappa shape index (κ1) is 56.7. The van der Waals surface area contributed by atoms with Crippen molar-refractivity contribution in [2.24, 2.45) is 0 Å². The van der Waals surface area contributed by atoms with Gasteiger partial charge in [-0.3, -0.25) is 0 Å². The second-order valence-electron chi connectivity index (χ2n) is 14.0. The summed E-state index contributed by atoms with van der Waals surface area (Å²) in [5.41, 5.74) is 3.35. The molecule has 7 nitrogen and oxygen atoms in total. The van der Waals surface area contributed by atoms with Crippen LogP contribution in [0.1, 0.15) is 51.3 Å². The first-order chi connectivity index (χ1) is 31.5. The zero-order valence-electron chi connectivity index (χ0n) is 36.7. The van der Waals surface area contributed by atoms with Gasteiger partial charge < -0.3 is 14.3 Å². The molecule has 0 amide bonds. The van der Waals surface area contributed by atoms with E-state index in [-0.39, 0.29) is 24.9 Å². The molecule has 6 rings (SSSR count). The summed E-state index contributed by atoms with van der Waals surface area (Å²) in [7, 11) is 0. The second-order valence-corrected chi connectivity index (χ2v) is 21.4. The molecule has 0 aliphatic carbocycles. The maximum Gasteiger partial charge on any atom is 0.330 e. The molecule has 0 unspecified atom stereocenters. The van der Waals surface area contributed by atoms with Gasteiger partial charge in [-0.15, -0.1) is 0 Å². The van der Waals surface area contributed by atoms with E-state index in [1.807, 2.05) is 171 Å². The van der Waals surface area contributed by atoms with Crippen LogP contribution in [0.25, 0.3) is 0 Å². The largest absolute Gasteiger partial charge is 0.463 e. The predicted molar refractivity (Wildman–Crippen MR) is 285 cm³/mol. The van der Waals surface area contributed by atoms with Crippen LogP contribution >= 0.6 is 54.4 Å². The molecule has 346 valence electrons. The quantitative estimate of drug-likeness (QED) is 0.0411. The molecule has 0 aromatic heterocycles. The maximum absolute atomic E-state index is 13.6. The number of carbonyl (C=O) groups excluding carboxylic acids is 5. The zero-order chi connectivity index (χ0) is 47.4. The van der Waals surface area contributed by atoms with E-state index in [1.54, 1.807) is 26.0 Å². The summed E-state index contributed by atoms with van der Waals surface area (Å²) in [6.45, 7) is 2.37. The van der Waals surface area contributed by atoms with Crippen molar-refractivity contribution in [1.82, 2.24) is 0 Å². The minimum Gasteiger partial charge on any atom is -0.463 e. The van der Waals surface area contributed by atoms with Gasteiger partial charge in [0.1, 0.15) is 6.29 Å². The molecular weight excluding hydrogens is 1040 g/mol. The Hall–Kier alpha value is -5.38. The van der Waals surface area contributed by atoms with E-state index in [0.717, 1.165) is 71.2 Å². The number of rotatable bonds is 16. The first-order valence-corrected chi connectivity index (χ1v) is 25.7. The monoisotopic (exact) mass is 1100 g/mol. The molecule has 0 atom stereocenters. The molecule has 6 aromatic rings. The van der Waals surface area contributed by atoms with Gasteiger partial charge in [-0.2, -0.15) is 0 Å². The van der Waals surface area contributed by atoms with Crippen molar-refractivity contribution in [3.8, 4) is 0 Å². The molecule has 0 aliphatic heterocycles. The van der Waals surface area contributed by atoms with Gasteiger partial charge in [-0.05, 0) is 79.8 Å². The van der Waals surface area contributed by atoms with Crippen LogP contribution in [0.2, 0.25) is 0 Å². The zero-order valence-corrected chi connectivity index (χ0v) is 42.4. The Labute approximate surface area is 416 Å². The number of allylic oxidation sites excluding steroid dienone is 2. The Morgan fingerprint density at radius 2 is 0.818 bits per heavy atom. The van der Waals surface area contributed by atoms with Crippen LogP contribution in [0.3, 0.4) is 0 Å². The third-order valence-electron chi connectivity index (χ3n) is 9.68. The first-order valence-electron chi connectivity index (χ1n) is 21.0. The number of hydrogen-bond donors (Lipinski definition) is 0. The van der Waals surface area contributed by atoms with Gasteiger partial charge in [-0.1, -0.05) is 104 Å². The molecule has 0 bridgehead atoms. The number of benzene rings is 6. The molecule has 0 saturated carbocycles. The second kappa shape index (κ2) is 30.8. The van der Waals surface area contributed by atoms with E-state index >= 15 is 0 Å². The van der Waals surface area contributed by atoms with Crippen LogP contribution < -0.4 is 15.9 Å². The smallest absolute Gasteiger partial charge is 0.330 e. The summed E-state index contributed by atoms with van der Waals surface area (Å²) in [6, 6.07) is 53.3. The average Bonchev–Trinajstić information content (AvgIpc) is 3.32. The molecule has 0 spiro atoms. The van der Waals surface area contributed by atoms with Gasteiger partial charge in [0, 0.05) is 32.0 Å². The summed E-state index contributed by atoms with van der Waals surface area (Å²) >= 11 is 10.1. The number of ether oxygens (including phenoxy) is 2. The third-order valence-corrected chi connectivity index (χ3v) is 17.0. The topological polar surface area (TPSA) is 104 Å². The fourth-order valence-corrected chi connectivity index (χ4v) is 13.3. The summed E-state index contributed by atoms with van der Waals surface area (Å²) in [6.07, 6.45) is 9.71. The number of hydrogen-bond acceptors (Lipinski definition) is 7. The maximum atomic E-state index is 13.6. The molecule has 0 N–H and O–H groups in total. The third kappa shape index (κ3) is 16.8. The molecule has 0 radical (unpaired) electrons. The average molecular weight is 1100 g/mol. The van der Waals surface area contributed by atoms with E-state index < -0.39 is 6.60 Å². The Balaban J connectivity index is 0.000000318. The molecule has 0 heterocycles. The molecule has 66 heavy (non-hydrogen) atoms. The summed E-state index contributed by atoms with van der Waals surface area (Å²) < 4.78 is 12.6. The van der Waals surface area contributed by atoms with Crippen molar-refractivity contribution in [3.63, 3.8) is 0 Å². The van der Waals surface area contributed by atoms with Gasteiger partial charge in [-0.25, -0.2) is 9.59 Å². The van der Waals surface area contributed by atoms with Crippen molar-refractivity contribution in [1.29, 1.82) is 0 Å². The molecule has 0 aliphatic rings. The molecular formula is C55H58Br3O7P. The molecule has 0 saturated heterocycles. The van der Waals surface area contributed by atoms with E-state index in [0.29, 0.717) is 26.1 Å². The predicted octanol–water partition coefficient (Wildman–Crippen LogP) is 12.7. The summed E-state index contributed by atoms with van der Waals surface area (Å²) in [5.74, 6) is -0.569. The summed E-state index contributed by atoms with van der Waals surface area (Å²) in [4.78, 5) is 58.6. The van der Waals surface area contributed by atoms with Crippen molar-refractivity contribution in [2.45, 2.75) is 53.9 Å². The number of esters is 2. The van der Waals surface area contributed by atoms with Crippen LogP contribution in [0.5, 0.6) is 0 Å². The fraction of sp³-hybridized carbons (Fsp3) is 0.182. The molecule has 11 heteroatoms. The molecule has 6 aromatic carbocycles. The van der Waals surface area contributed by atoms with E-state index in [1.165, 1.54) is 12.2 Å². The standard InChI is InChI=1S/C22H21O2P.2C12H13BrO2.C8H7BrO.CH4/c1-2-22(24)25(18-23,19-12-6-3-7-13-19,20-14-8-4-9-15-20)21-16-10-5-11-17-21;2*1-2-15-12(14)8-4-6-10-5-3-7-11(13)9-10;9-8-3-1-2-7(6-8)4-5-10;/h3-18H,2H2,1H3;2*3-5,7-9H,2,6H2,1H3;1-3,5-6H,4H2;1H4/b;8-4+;8-4-;;. The van der Waals surface area contributed by atoms with Gasteiger partial charge >= 0.3 is 160 Å². The molecule has 0 fully saturated rings. The minimum absolute atomic E-state index is 0. The van der Waals surface area contributed by atoms with Crippen molar-refractivity contribution >= 4 is 100 Å². The van der Waals surface area contributed by atoms with E-state index in [9.17, 15) is 24.0 Å². The number of carbonyl (C=O) groups is 5. The van der Waals surface area contributed by atoms with Crippen LogP contribution in [0.15, 0.2) is 202 Å². The van der Waals surface area contributed by atoms with Gasteiger partial charge in [0.05, 0.1) is 13.2 Å². The van der Waals surface area contributed by atoms with Crippen LogP contribution in [0, 0.1) is 0 Å². The van der Waals surface area contributed by atoms with E-state index in [2.05, 4.69) is 47.8 Å².